The summed E-state index contributed by atoms with van der Waals surface area (Å²) >= 11 is 6.18. The molecule has 3 atom stereocenters. The zero-order valence-corrected chi connectivity index (χ0v) is 10.3. The zero-order chi connectivity index (χ0) is 11.8. The van der Waals surface area contributed by atoms with E-state index in [0.29, 0.717) is 18.1 Å². The van der Waals surface area contributed by atoms with Gasteiger partial charge in [0.1, 0.15) is 5.84 Å². The molecule has 2 aliphatic rings. The fraction of sp³-hybridized carbons (Fsp3) is 0.462. The highest BCUT2D eigenvalue weighted by molar-refractivity contribution is 6.34. The van der Waals surface area contributed by atoms with Crippen molar-refractivity contribution in [2.45, 2.75) is 37.4 Å². The van der Waals surface area contributed by atoms with Crippen LogP contribution in [0.25, 0.3) is 0 Å². The maximum atomic E-state index is 6.18. The zero-order valence-electron chi connectivity index (χ0n) is 9.57. The van der Waals surface area contributed by atoms with Crippen molar-refractivity contribution >= 4 is 17.4 Å². The Balaban J connectivity index is 1.85. The average molecular weight is 250 g/mol. The largest absolute Gasteiger partial charge is 0.365 e. The van der Waals surface area contributed by atoms with Gasteiger partial charge in [0.15, 0.2) is 0 Å². The molecule has 1 aromatic rings. The van der Waals surface area contributed by atoms with Crippen molar-refractivity contribution in [2.24, 2.45) is 10.7 Å². The van der Waals surface area contributed by atoms with E-state index >= 15 is 0 Å². The molecule has 4 heteroatoms. The lowest BCUT2D eigenvalue weighted by Gasteiger charge is -2.28. The maximum Gasteiger partial charge on any atom is 0.130 e. The van der Waals surface area contributed by atoms with Crippen LogP contribution in [-0.2, 0) is 0 Å². The first-order valence-electron chi connectivity index (χ1n) is 6.09. The second-order valence-corrected chi connectivity index (χ2v) is 5.26. The predicted molar refractivity (Wildman–Crippen MR) is 70.5 cm³/mol. The normalized spacial score (nSPS) is 31.6. The Bertz CT molecular complexity index is 458. The second-order valence-electron chi connectivity index (χ2n) is 4.85. The van der Waals surface area contributed by atoms with Gasteiger partial charge in [-0.3, -0.25) is 4.99 Å². The van der Waals surface area contributed by atoms with Crippen LogP contribution in [0.4, 0.5) is 0 Å². The Kier molecular flexibility index (Phi) is 2.81. The number of hydrogen-bond donors (Lipinski definition) is 2. The lowest BCUT2D eigenvalue weighted by Crippen LogP contribution is -2.44. The van der Waals surface area contributed by atoms with Crippen LogP contribution >= 0.6 is 11.6 Å². The van der Waals surface area contributed by atoms with E-state index in [0.717, 1.165) is 35.7 Å². The molecule has 1 saturated carbocycles. The third kappa shape index (κ3) is 2.05. The van der Waals surface area contributed by atoms with E-state index in [4.69, 9.17) is 22.3 Å². The van der Waals surface area contributed by atoms with Gasteiger partial charge >= 0.3 is 0 Å². The van der Waals surface area contributed by atoms with E-state index in [1.54, 1.807) is 0 Å². The molecule has 3 unspecified atom stereocenters. The van der Waals surface area contributed by atoms with E-state index in [2.05, 4.69) is 5.32 Å². The number of halogens is 1. The molecule has 90 valence electrons. The molecular formula is C13H16ClN3. The first-order valence-corrected chi connectivity index (χ1v) is 6.46. The summed E-state index contributed by atoms with van der Waals surface area (Å²) in [5.41, 5.74) is 6.99. The first-order chi connectivity index (χ1) is 8.24. The Morgan fingerprint density at radius 3 is 2.94 bits per heavy atom. The number of aliphatic imine (C=N–C) groups is 1. The molecule has 1 heterocycles. The van der Waals surface area contributed by atoms with Gasteiger partial charge in [0, 0.05) is 11.6 Å². The van der Waals surface area contributed by atoms with E-state index in [-0.39, 0.29) is 0 Å². The summed E-state index contributed by atoms with van der Waals surface area (Å²) in [6.45, 7) is 0. The summed E-state index contributed by atoms with van der Waals surface area (Å²) in [5.74, 6) is 0.930. The van der Waals surface area contributed by atoms with E-state index in [1.807, 2.05) is 24.3 Å². The Labute approximate surface area is 106 Å². The van der Waals surface area contributed by atoms with Crippen molar-refractivity contribution in [1.29, 1.82) is 0 Å². The minimum Gasteiger partial charge on any atom is -0.365 e. The molecule has 3 N–H and O–H groups in total. The van der Waals surface area contributed by atoms with Crippen LogP contribution in [0.15, 0.2) is 29.3 Å². The molecule has 0 spiro atoms. The topological polar surface area (TPSA) is 50.4 Å². The average Bonchev–Trinajstić information content (AvgIpc) is 2.72. The van der Waals surface area contributed by atoms with Gasteiger partial charge in [-0.2, -0.15) is 0 Å². The summed E-state index contributed by atoms with van der Waals surface area (Å²) in [6, 6.07) is 8.90. The van der Waals surface area contributed by atoms with Crippen molar-refractivity contribution < 1.29 is 0 Å². The number of rotatable bonds is 1. The highest BCUT2D eigenvalue weighted by atomic mass is 35.5. The van der Waals surface area contributed by atoms with E-state index in [9.17, 15) is 0 Å². The summed E-state index contributed by atoms with van der Waals surface area (Å²) in [6.07, 6.45) is 3.15. The van der Waals surface area contributed by atoms with Crippen molar-refractivity contribution in [3.63, 3.8) is 0 Å². The van der Waals surface area contributed by atoms with Crippen LogP contribution < -0.4 is 11.1 Å². The number of benzene rings is 1. The van der Waals surface area contributed by atoms with E-state index < -0.39 is 0 Å². The Hall–Kier alpha value is -1.06. The predicted octanol–water partition coefficient (Wildman–Crippen LogP) is 1.94. The third-order valence-electron chi connectivity index (χ3n) is 3.60. The van der Waals surface area contributed by atoms with Gasteiger partial charge in [0.05, 0.1) is 17.1 Å². The molecule has 0 radical (unpaired) electrons. The van der Waals surface area contributed by atoms with Crippen LogP contribution in [-0.4, -0.2) is 24.0 Å². The van der Waals surface area contributed by atoms with Crippen molar-refractivity contribution in [3.8, 4) is 0 Å². The molecule has 3 rings (SSSR count). The molecular weight excluding hydrogens is 234 g/mol. The van der Waals surface area contributed by atoms with Gasteiger partial charge in [-0.25, -0.2) is 0 Å². The molecule has 0 bridgehead atoms. The third-order valence-corrected chi connectivity index (χ3v) is 3.93. The first kappa shape index (κ1) is 11.1. The fourth-order valence-electron chi connectivity index (χ4n) is 2.68. The minimum atomic E-state index is 0.310. The SMILES string of the molecule is NC1CCC2N=C(c3ccccc3Cl)NC2C1. The van der Waals surface area contributed by atoms with Crippen molar-refractivity contribution in [2.75, 3.05) is 0 Å². The molecule has 1 aromatic carbocycles. The number of nitrogens with one attached hydrogen (secondary N) is 1. The number of nitrogens with two attached hydrogens (primary N) is 1. The molecule has 0 saturated heterocycles. The van der Waals surface area contributed by atoms with Gasteiger partial charge in [-0.15, -0.1) is 0 Å². The quantitative estimate of drug-likeness (QED) is 0.799. The van der Waals surface area contributed by atoms with Gasteiger partial charge in [0.25, 0.3) is 0 Å². The minimum absolute atomic E-state index is 0.310. The second kappa shape index (κ2) is 4.31. The van der Waals surface area contributed by atoms with Gasteiger partial charge in [-0.05, 0) is 31.4 Å². The number of hydrogen-bond acceptors (Lipinski definition) is 3. The fourth-order valence-corrected chi connectivity index (χ4v) is 2.90. The van der Waals surface area contributed by atoms with Gasteiger partial charge in [-0.1, -0.05) is 23.7 Å². The smallest absolute Gasteiger partial charge is 0.130 e. The maximum absolute atomic E-state index is 6.18. The molecule has 1 aliphatic heterocycles. The number of amidine groups is 1. The molecule has 0 amide bonds. The molecule has 3 nitrogen and oxygen atoms in total. The number of fused-ring (bicyclic) bond motifs is 1. The van der Waals surface area contributed by atoms with Crippen LogP contribution in [0.5, 0.6) is 0 Å². The lowest BCUT2D eigenvalue weighted by molar-refractivity contribution is 0.347. The lowest BCUT2D eigenvalue weighted by atomic mass is 9.88. The summed E-state index contributed by atoms with van der Waals surface area (Å²) in [7, 11) is 0. The van der Waals surface area contributed by atoms with Gasteiger partial charge in [0.2, 0.25) is 0 Å². The highest BCUT2D eigenvalue weighted by Gasteiger charge is 2.34. The molecule has 1 aliphatic carbocycles. The highest BCUT2D eigenvalue weighted by Crippen LogP contribution is 2.27. The van der Waals surface area contributed by atoms with Crippen molar-refractivity contribution in [3.05, 3.63) is 34.9 Å². The molecule has 17 heavy (non-hydrogen) atoms. The summed E-state index contributed by atoms with van der Waals surface area (Å²) < 4.78 is 0. The van der Waals surface area contributed by atoms with Crippen molar-refractivity contribution in [1.82, 2.24) is 5.32 Å². The Morgan fingerprint density at radius 2 is 2.12 bits per heavy atom. The van der Waals surface area contributed by atoms with E-state index in [1.165, 1.54) is 0 Å². The number of nitrogens with zero attached hydrogens (tertiary/aromatic N) is 1. The van der Waals surface area contributed by atoms with Crippen LogP contribution in [0, 0.1) is 0 Å². The summed E-state index contributed by atoms with van der Waals surface area (Å²) in [5, 5.41) is 4.22. The van der Waals surface area contributed by atoms with Crippen LogP contribution in [0.2, 0.25) is 5.02 Å². The van der Waals surface area contributed by atoms with Crippen LogP contribution in [0.1, 0.15) is 24.8 Å². The Morgan fingerprint density at radius 1 is 1.29 bits per heavy atom. The van der Waals surface area contributed by atoms with Gasteiger partial charge < -0.3 is 11.1 Å². The molecule has 0 aromatic heterocycles. The standard InChI is InChI=1S/C13H16ClN3/c14-10-4-2-1-3-9(10)13-16-11-6-5-8(15)7-12(11)17-13/h1-4,8,11-12H,5-7,15H2,(H,16,17). The summed E-state index contributed by atoms with van der Waals surface area (Å²) in [4.78, 5) is 4.74. The van der Waals surface area contributed by atoms with Crippen LogP contribution in [0.3, 0.4) is 0 Å². The molecule has 1 fully saturated rings. The monoisotopic (exact) mass is 249 g/mol.